The van der Waals surface area contributed by atoms with Crippen LogP contribution in [0.1, 0.15) is 46.5 Å². The molecule has 21 heavy (non-hydrogen) atoms. The quantitative estimate of drug-likeness (QED) is 0.836. The first-order valence-corrected chi connectivity index (χ1v) is 7.65. The summed E-state index contributed by atoms with van der Waals surface area (Å²) in [6.07, 6.45) is 3.77. The Bertz CT molecular complexity index is 533. The van der Waals surface area contributed by atoms with Crippen molar-refractivity contribution in [3.05, 3.63) is 24.3 Å². The van der Waals surface area contributed by atoms with E-state index in [4.69, 9.17) is 0 Å². The Kier molecular flexibility index (Phi) is 4.66. The van der Waals surface area contributed by atoms with Gasteiger partial charge in [-0.2, -0.15) is 0 Å². The van der Waals surface area contributed by atoms with Gasteiger partial charge in [0, 0.05) is 22.7 Å². The van der Waals surface area contributed by atoms with Crippen LogP contribution in [0.4, 0.5) is 11.4 Å². The second-order valence-corrected chi connectivity index (χ2v) is 6.43. The molecule has 4 nitrogen and oxygen atoms in total. The van der Waals surface area contributed by atoms with Crippen LogP contribution in [0.2, 0.25) is 0 Å². The molecule has 0 aromatic heterocycles. The van der Waals surface area contributed by atoms with Crippen molar-refractivity contribution in [1.82, 2.24) is 0 Å². The maximum Gasteiger partial charge on any atom is 0.230 e. The van der Waals surface area contributed by atoms with E-state index in [1.165, 1.54) is 0 Å². The van der Waals surface area contributed by atoms with Crippen LogP contribution in [0.25, 0.3) is 0 Å². The van der Waals surface area contributed by atoms with Gasteiger partial charge in [-0.25, -0.2) is 0 Å². The number of anilines is 2. The lowest BCUT2D eigenvalue weighted by molar-refractivity contribution is -0.124. The molecule has 2 amide bonds. The second-order valence-electron chi connectivity index (χ2n) is 6.43. The molecule has 1 aliphatic rings. The Balaban J connectivity index is 2.00. The largest absolute Gasteiger partial charge is 0.326 e. The first-order valence-electron chi connectivity index (χ1n) is 7.65. The average molecular weight is 288 g/mol. The highest BCUT2D eigenvalue weighted by Gasteiger charge is 2.29. The van der Waals surface area contributed by atoms with E-state index in [-0.39, 0.29) is 23.1 Å². The van der Waals surface area contributed by atoms with E-state index in [0.717, 1.165) is 37.1 Å². The van der Waals surface area contributed by atoms with Crippen molar-refractivity contribution in [1.29, 1.82) is 0 Å². The maximum absolute atomic E-state index is 12.3. The third-order valence-electron chi connectivity index (χ3n) is 3.83. The zero-order valence-corrected chi connectivity index (χ0v) is 13.0. The van der Waals surface area contributed by atoms with Crippen molar-refractivity contribution >= 4 is 23.2 Å². The zero-order valence-electron chi connectivity index (χ0n) is 13.0. The molecule has 0 heterocycles. The summed E-state index contributed by atoms with van der Waals surface area (Å²) in [4.78, 5) is 24.0. The van der Waals surface area contributed by atoms with Gasteiger partial charge in [-0.1, -0.05) is 33.3 Å². The fourth-order valence-electron chi connectivity index (χ4n) is 2.30. The Labute approximate surface area is 126 Å². The van der Waals surface area contributed by atoms with Gasteiger partial charge in [0.2, 0.25) is 11.8 Å². The molecule has 1 fully saturated rings. The molecule has 0 bridgehead atoms. The molecule has 0 saturated heterocycles. The topological polar surface area (TPSA) is 58.2 Å². The molecule has 0 spiro atoms. The lowest BCUT2D eigenvalue weighted by Crippen LogP contribution is -2.30. The van der Waals surface area contributed by atoms with Crippen molar-refractivity contribution < 1.29 is 9.59 Å². The van der Waals surface area contributed by atoms with Crippen molar-refractivity contribution in [2.45, 2.75) is 46.5 Å². The summed E-state index contributed by atoms with van der Waals surface area (Å²) in [5, 5.41) is 5.83. The van der Waals surface area contributed by atoms with Crippen molar-refractivity contribution in [2.24, 2.45) is 11.3 Å². The van der Waals surface area contributed by atoms with E-state index in [9.17, 15) is 9.59 Å². The molecule has 2 N–H and O–H groups in total. The van der Waals surface area contributed by atoms with Gasteiger partial charge in [-0.05, 0) is 37.5 Å². The molecule has 1 aliphatic carbocycles. The number of hydrogen-bond acceptors (Lipinski definition) is 2. The fourth-order valence-corrected chi connectivity index (χ4v) is 2.30. The lowest BCUT2D eigenvalue weighted by Gasteiger charge is -2.23. The molecule has 0 atom stereocenters. The van der Waals surface area contributed by atoms with Gasteiger partial charge in [0.15, 0.2) is 0 Å². The number of amides is 2. The number of nitrogens with one attached hydrogen (secondary N) is 2. The van der Waals surface area contributed by atoms with Gasteiger partial charge >= 0.3 is 0 Å². The van der Waals surface area contributed by atoms with E-state index in [1.807, 2.05) is 32.0 Å². The standard InChI is InChI=1S/C17H24N2O2/c1-4-10-17(2,3)16(21)19-14-7-5-6-13(11-14)18-15(20)12-8-9-12/h5-7,11-12H,4,8-10H2,1-3H3,(H,18,20)(H,19,21). The van der Waals surface area contributed by atoms with E-state index in [1.54, 1.807) is 6.07 Å². The van der Waals surface area contributed by atoms with Gasteiger partial charge < -0.3 is 10.6 Å². The molecule has 1 saturated carbocycles. The monoisotopic (exact) mass is 288 g/mol. The second kappa shape index (κ2) is 6.29. The van der Waals surface area contributed by atoms with Gasteiger partial charge in [-0.3, -0.25) is 9.59 Å². The molecule has 1 aromatic carbocycles. The van der Waals surface area contributed by atoms with Gasteiger partial charge in [0.05, 0.1) is 0 Å². The normalized spacial score (nSPS) is 14.6. The third kappa shape index (κ3) is 4.31. The summed E-state index contributed by atoms with van der Waals surface area (Å²) in [5.41, 5.74) is 1.07. The average Bonchev–Trinajstić information content (AvgIpc) is 3.23. The maximum atomic E-state index is 12.3. The van der Waals surface area contributed by atoms with Crippen molar-refractivity contribution in [2.75, 3.05) is 10.6 Å². The van der Waals surface area contributed by atoms with Crippen LogP contribution < -0.4 is 10.6 Å². The SMILES string of the molecule is CCCC(C)(C)C(=O)Nc1cccc(NC(=O)C2CC2)c1. The number of benzene rings is 1. The smallest absolute Gasteiger partial charge is 0.230 e. The van der Waals surface area contributed by atoms with E-state index in [2.05, 4.69) is 17.6 Å². The Morgan fingerprint density at radius 3 is 2.38 bits per heavy atom. The van der Waals surface area contributed by atoms with Crippen LogP contribution in [0.3, 0.4) is 0 Å². The summed E-state index contributed by atoms with van der Waals surface area (Å²) >= 11 is 0. The van der Waals surface area contributed by atoms with Crippen LogP contribution in [0.15, 0.2) is 24.3 Å². The van der Waals surface area contributed by atoms with Gasteiger partial charge in [-0.15, -0.1) is 0 Å². The number of hydrogen-bond donors (Lipinski definition) is 2. The van der Waals surface area contributed by atoms with Gasteiger partial charge in [0.25, 0.3) is 0 Å². The summed E-state index contributed by atoms with van der Waals surface area (Å²) in [6, 6.07) is 7.32. The highest BCUT2D eigenvalue weighted by molar-refractivity contribution is 5.97. The minimum absolute atomic E-state index is 0.00928. The number of carbonyl (C=O) groups excluding carboxylic acids is 2. The molecular weight excluding hydrogens is 264 g/mol. The third-order valence-corrected chi connectivity index (χ3v) is 3.83. The first-order chi connectivity index (χ1) is 9.92. The van der Waals surface area contributed by atoms with E-state index < -0.39 is 0 Å². The lowest BCUT2D eigenvalue weighted by atomic mass is 9.87. The molecule has 4 heteroatoms. The van der Waals surface area contributed by atoms with Crippen molar-refractivity contribution in [3.63, 3.8) is 0 Å². The van der Waals surface area contributed by atoms with Crippen LogP contribution in [-0.2, 0) is 9.59 Å². The summed E-state index contributed by atoms with van der Waals surface area (Å²) < 4.78 is 0. The van der Waals surface area contributed by atoms with Crippen LogP contribution in [-0.4, -0.2) is 11.8 Å². The highest BCUT2D eigenvalue weighted by atomic mass is 16.2. The highest BCUT2D eigenvalue weighted by Crippen LogP contribution is 2.30. The van der Waals surface area contributed by atoms with Crippen molar-refractivity contribution in [3.8, 4) is 0 Å². The number of carbonyl (C=O) groups is 2. The fraction of sp³-hybridized carbons (Fsp3) is 0.529. The molecular formula is C17H24N2O2. The number of rotatable bonds is 6. The molecule has 0 radical (unpaired) electrons. The Morgan fingerprint density at radius 2 is 1.81 bits per heavy atom. The predicted octanol–water partition coefficient (Wildman–Crippen LogP) is 3.80. The molecule has 1 aromatic rings. The summed E-state index contributed by atoms with van der Waals surface area (Å²) in [5.74, 6) is 0.256. The zero-order chi connectivity index (χ0) is 15.5. The predicted molar refractivity (Wildman–Crippen MR) is 85.1 cm³/mol. The van der Waals surface area contributed by atoms with E-state index in [0.29, 0.717) is 0 Å². The minimum Gasteiger partial charge on any atom is -0.326 e. The minimum atomic E-state index is -0.387. The molecule has 0 aliphatic heterocycles. The first kappa shape index (κ1) is 15.5. The molecule has 2 rings (SSSR count). The molecule has 114 valence electrons. The van der Waals surface area contributed by atoms with E-state index >= 15 is 0 Å². The Morgan fingerprint density at radius 1 is 1.19 bits per heavy atom. The van der Waals surface area contributed by atoms with Crippen LogP contribution in [0, 0.1) is 11.3 Å². The summed E-state index contributed by atoms with van der Waals surface area (Å²) in [7, 11) is 0. The van der Waals surface area contributed by atoms with Gasteiger partial charge in [0.1, 0.15) is 0 Å². The Hall–Kier alpha value is -1.84. The van der Waals surface area contributed by atoms with Crippen LogP contribution >= 0.6 is 0 Å². The summed E-state index contributed by atoms with van der Waals surface area (Å²) in [6.45, 7) is 5.97. The molecule has 0 unspecified atom stereocenters. The van der Waals surface area contributed by atoms with Crippen LogP contribution in [0.5, 0.6) is 0 Å².